The van der Waals surface area contributed by atoms with E-state index in [1.54, 1.807) is 33.0 Å². The van der Waals surface area contributed by atoms with Gasteiger partial charge in [0.1, 0.15) is 5.82 Å². The summed E-state index contributed by atoms with van der Waals surface area (Å²) in [4.78, 5) is 13.5. The second kappa shape index (κ2) is 5.64. The molecule has 0 unspecified atom stereocenters. The lowest BCUT2D eigenvalue weighted by Gasteiger charge is -2.26. The topological polar surface area (TPSA) is 52.6 Å². The van der Waals surface area contributed by atoms with Gasteiger partial charge in [-0.05, 0) is 44.4 Å². The van der Waals surface area contributed by atoms with E-state index < -0.39 is 5.60 Å². The number of rotatable bonds is 5. The Balaban J connectivity index is 1.90. The molecule has 0 radical (unpaired) electrons. The largest absolute Gasteiger partial charge is 0.389 e. The number of nitrogens with one attached hydrogen (secondary N) is 1. The molecule has 0 bridgehead atoms. The lowest BCUT2D eigenvalue weighted by molar-refractivity contribution is 0.0531. The van der Waals surface area contributed by atoms with Gasteiger partial charge in [0.05, 0.1) is 12.1 Å². The molecule has 1 aromatic carbocycles. The first-order chi connectivity index (χ1) is 9.72. The molecule has 0 spiro atoms. The Morgan fingerprint density at radius 3 is 2.43 bits per heavy atom. The van der Waals surface area contributed by atoms with Crippen molar-refractivity contribution in [3.8, 4) is 0 Å². The fourth-order valence-electron chi connectivity index (χ4n) is 2.55. The van der Waals surface area contributed by atoms with Gasteiger partial charge in [-0.2, -0.15) is 0 Å². The van der Waals surface area contributed by atoms with Crippen LogP contribution in [0.5, 0.6) is 0 Å². The number of benzene rings is 1. The molecule has 0 atom stereocenters. The number of carbonyl (C=O) groups excluding carboxylic acids is 1. The molecule has 2 amide bonds. The van der Waals surface area contributed by atoms with E-state index in [1.807, 2.05) is 0 Å². The van der Waals surface area contributed by atoms with Crippen molar-refractivity contribution >= 4 is 6.03 Å². The molecule has 0 heterocycles. The van der Waals surface area contributed by atoms with Crippen LogP contribution in [-0.2, 0) is 5.41 Å². The predicted molar refractivity (Wildman–Crippen MR) is 79.6 cm³/mol. The predicted octanol–water partition coefficient (Wildman–Crippen LogP) is 2.27. The van der Waals surface area contributed by atoms with Crippen molar-refractivity contribution in [1.29, 1.82) is 0 Å². The molecule has 1 aliphatic rings. The minimum Gasteiger partial charge on any atom is -0.389 e. The molecule has 116 valence electrons. The Bertz CT molecular complexity index is 504. The van der Waals surface area contributed by atoms with Crippen molar-refractivity contribution in [2.75, 3.05) is 20.1 Å². The Morgan fingerprint density at radius 1 is 1.38 bits per heavy atom. The first kappa shape index (κ1) is 15.8. The molecule has 21 heavy (non-hydrogen) atoms. The van der Waals surface area contributed by atoms with Crippen LogP contribution >= 0.6 is 0 Å². The van der Waals surface area contributed by atoms with Crippen LogP contribution in [0.25, 0.3) is 0 Å². The Hall–Kier alpha value is -1.62. The Kier molecular flexibility index (Phi) is 4.23. The molecule has 2 N–H and O–H groups in total. The fourth-order valence-corrected chi connectivity index (χ4v) is 2.55. The number of hydrogen-bond donors (Lipinski definition) is 2. The van der Waals surface area contributed by atoms with Gasteiger partial charge in [-0.3, -0.25) is 0 Å². The van der Waals surface area contributed by atoms with Crippen LogP contribution in [0.2, 0.25) is 0 Å². The molecule has 5 heteroatoms. The summed E-state index contributed by atoms with van der Waals surface area (Å²) >= 11 is 0. The molecule has 0 aliphatic heterocycles. The summed E-state index contributed by atoms with van der Waals surface area (Å²) < 4.78 is 13.0. The zero-order valence-electron chi connectivity index (χ0n) is 12.8. The van der Waals surface area contributed by atoms with Crippen molar-refractivity contribution in [3.05, 3.63) is 35.6 Å². The first-order valence-corrected chi connectivity index (χ1v) is 7.19. The van der Waals surface area contributed by atoms with E-state index in [4.69, 9.17) is 0 Å². The number of likely N-dealkylation sites (N-methyl/N-ethyl adjacent to an activating group) is 1. The summed E-state index contributed by atoms with van der Waals surface area (Å²) in [6.07, 6.45) is 1.99. The monoisotopic (exact) mass is 294 g/mol. The van der Waals surface area contributed by atoms with Gasteiger partial charge in [-0.15, -0.1) is 0 Å². The highest BCUT2D eigenvalue weighted by Gasteiger charge is 2.44. The van der Waals surface area contributed by atoms with Crippen LogP contribution in [0, 0.1) is 5.82 Å². The molecule has 4 nitrogen and oxygen atoms in total. The van der Waals surface area contributed by atoms with Crippen LogP contribution in [0.15, 0.2) is 24.3 Å². The minimum atomic E-state index is -0.916. The molecule has 0 aromatic heterocycles. The van der Waals surface area contributed by atoms with Crippen LogP contribution < -0.4 is 5.32 Å². The summed E-state index contributed by atoms with van der Waals surface area (Å²) in [6, 6.07) is 6.28. The second-order valence-electron chi connectivity index (χ2n) is 6.61. The number of urea groups is 1. The van der Waals surface area contributed by atoms with Crippen molar-refractivity contribution in [2.24, 2.45) is 0 Å². The zero-order chi connectivity index (χ0) is 15.7. The zero-order valence-corrected chi connectivity index (χ0v) is 12.8. The smallest absolute Gasteiger partial charge is 0.317 e. The van der Waals surface area contributed by atoms with E-state index in [-0.39, 0.29) is 23.8 Å². The van der Waals surface area contributed by atoms with Gasteiger partial charge in [0.25, 0.3) is 0 Å². The van der Waals surface area contributed by atoms with E-state index in [2.05, 4.69) is 5.32 Å². The Morgan fingerprint density at radius 2 is 1.95 bits per heavy atom. The van der Waals surface area contributed by atoms with Crippen molar-refractivity contribution in [1.82, 2.24) is 10.2 Å². The second-order valence-corrected chi connectivity index (χ2v) is 6.61. The maximum absolute atomic E-state index is 13.0. The maximum Gasteiger partial charge on any atom is 0.317 e. The molecule has 1 fully saturated rings. The molecule has 1 saturated carbocycles. The van der Waals surface area contributed by atoms with Crippen LogP contribution in [0.3, 0.4) is 0 Å². The summed E-state index contributed by atoms with van der Waals surface area (Å²) in [6.45, 7) is 4.13. The van der Waals surface area contributed by atoms with Gasteiger partial charge in [0, 0.05) is 19.0 Å². The Labute approximate surface area is 125 Å². The van der Waals surface area contributed by atoms with Crippen LogP contribution in [0.4, 0.5) is 9.18 Å². The molecular formula is C16H23FN2O2. The third-order valence-electron chi connectivity index (χ3n) is 3.86. The van der Waals surface area contributed by atoms with E-state index >= 15 is 0 Å². The summed E-state index contributed by atoms with van der Waals surface area (Å²) in [5, 5.41) is 12.6. The average molecular weight is 294 g/mol. The molecule has 0 saturated heterocycles. The van der Waals surface area contributed by atoms with Crippen molar-refractivity contribution in [3.63, 3.8) is 0 Å². The van der Waals surface area contributed by atoms with Gasteiger partial charge in [-0.25, -0.2) is 9.18 Å². The molecule has 2 rings (SSSR count). The number of nitrogens with zero attached hydrogens (tertiary/aromatic N) is 1. The number of amides is 2. The maximum atomic E-state index is 13.0. The number of carbonyl (C=O) groups is 1. The molecule has 1 aliphatic carbocycles. The number of aliphatic hydroxyl groups is 1. The fraction of sp³-hybridized carbons (Fsp3) is 0.562. The van der Waals surface area contributed by atoms with Gasteiger partial charge < -0.3 is 15.3 Å². The number of hydrogen-bond acceptors (Lipinski definition) is 2. The summed E-state index contributed by atoms with van der Waals surface area (Å²) in [5.74, 6) is -0.247. The van der Waals surface area contributed by atoms with E-state index in [1.165, 1.54) is 17.0 Å². The van der Waals surface area contributed by atoms with Crippen molar-refractivity contribution < 1.29 is 14.3 Å². The highest BCUT2D eigenvalue weighted by atomic mass is 19.1. The van der Waals surface area contributed by atoms with Crippen LogP contribution in [-0.4, -0.2) is 41.8 Å². The van der Waals surface area contributed by atoms with Gasteiger partial charge >= 0.3 is 6.03 Å². The van der Waals surface area contributed by atoms with E-state index in [0.717, 1.165) is 18.4 Å². The van der Waals surface area contributed by atoms with Gasteiger partial charge in [-0.1, -0.05) is 12.1 Å². The lowest BCUT2D eigenvalue weighted by Crippen LogP contribution is -2.46. The normalized spacial score (nSPS) is 16.4. The summed E-state index contributed by atoms with van der Waals surface area (Å²) in [5.41, 5.74) is 0.0912. The minimum absolute atomic E-state index is 0.0566. The molecule has 1 aromatic rings. The van der Waals surface area contributed by atoms with Gasteiger partial charge in [0.15, 0.2) is 0 Å². The highest BCUT2D eigenvalue weighted by Crippen LogP contribution is 2.47. The standard InChI is InChI=1S/C16H23FN2O2/c1-15(2,21)11-19(3)14(20)18-10-16(8-9-16)12-4-6-13(17)7-5-12/h4-7,21H,8-11H2,1-3H3,(H,18,20). The third-order valence-corrected chi connectivity index (χ3v) is 3.86. The lowest BCUT2D eigenvalue weighted by atomic mass is 9.96. The average Bonchev–Trinajstić information content (AvgIpc) is 3.16. The van der Waals surface area contributed by atoms with Crippen LogP contribution in [0.1, 0.15) is 32.3 Å². The highest BCUT2D eigenvalue weighted by molar-refractivity contribution is 5.74. The molecular weight excluding hydrogens is 271 g/mol. The number of halogens is 1. The summed E-state index contributed by atoms with van der Waals surface area (Å²) in [7, 11) is 1.66. The third kappa shape index (κ3) is 4.17. The van der Waals surface area contributed by atoms with E-state index in [9.17, 15) is 14.3 Å². The first-order valence-electron chi connectivity index (χ1n) is 7.19. The van der Waals surface area contributed by atoms with Crippen molar-refractivity contribution in [2.45, 2.75) is 37.7 Å². The van der Waals surface area contributed by atoms with E-state index in [0.29, 0.717) is 6.54 Å². The SMILES string of the molecule is CN(CC(C)(C)O)C(=O)NCC1(c2ccc(F)cc2)CC1. The van der Waals surface area contributed by atoms with Gasteiger partial charge in [0.2, 0.25) is 0 Å². The quantitative estimate of drug-likeness (QED) is 0.875.